The number of para-hydroxylation sites is 2. The summed E-state index contributed by atoms with van der Waals surface area (Å²) >= 11 is 0. The van der Waals surface area contributed by atoms with Gasteiger partial charge in [-0.15, -0.1) is 0 Å². The molecule has 2 rings (SSSR count). The lowest BCUT2D eigenvalue weighted by Crippen LogP contribution is -2.38. The molecule has 0 aliphatic carbocycles. The van der Waals surface area contributed by atoms with Crippen LogP contribution in [-0.2, 0) is 4.79 Å². The quantitative estimate of drug-likeness (QED) is 0.614. The Morgan fingerprint density at radius 3 is 1.32 bits per heavy atom. The highest BCUT2D eigenvalue weighted by atomic mass is 19.4. The SMILES string of the molecule is COc1ccccc1C(C(=O)C(c1ccccc1OC)C(F)(F)F)C(F)(F)F. The summed E-state index contributed by atoms with van der Waals surface area (Å²) in [5.74, 6) is -8.78. The summed E-state index contributed by atoms with van der Waals surface area (Å²) in [6.45, 7) is 0. The van der Waals surface area contributed by atoms with Crippen LogP contribution in [-0.4, -0.2) is 32.4 Å². The number of carbonyl (C=O) groups excluding carboxylic acids is 1. The van der Waals surface area contributed by atoms with E-state index < -0.39 is 41.1 Å². The Morgan fingerprint density at radius 2 is 1.04 bits per heavy atom. The Bertz CT molecular complexity index is 761. The molecule has 0 amide bonds. The van der Waals surface area contributed by atoms with E-state index >= 15 is 0 Å². The topological polar surface area (TPSA) is 35.5 Å². The zero-order chi connectivity index (χ0) is 21.1. The number of rotatable bonds is 6. The Hall–Kier alpha value is -2.71. The zero-order valence-electron chi connectivity index (χ0n) is 14.8. The minimum atomic E-state index is -5.27. The van der Waals surface area contributed by atoms with Gasteiger partial charge in [-0.3, -0.25) is 4.79 Å². The number of methoxy groups -OCH3 is 2. The average molecular weight is 406 g/mol. The van der Waals surface area contributed by atoms with Crippen molar-refractivity contribution >= 4 is 5.78 Å². The first-order valence-corrected chi connectivity index (χ1v) is 7.95. The van der Waals surface area contributed by atoms with E-state index in [1.807, 2.05) is 0 Å². The summed E-state index contributed by atoms with van der Waals surface area (Å²) in [6.07, 6.45) is -10.5. The van der Waals surface area contributed by atoms with Crippen molar-refractivity contribution in [3.05, 3.63) is 59.7 Å². The molecule has 0 aromatic heterocycles. The van der Waals surface area contributed by atoms with E-state index in [0.717, 1.165) is 38.5 Å². The predicted octanol–water partition coefficient (Wildman–Crippen LogP) is 5.26. The molecular weight excluding hydrogens is 390 g/mol. The number of benzene rings is 2. The van der Waals surface area contributed by atoms with Crippen molar-refractivity contribution in [1.29, 1.82) is 0 Å². The third kappa shape index (κ3) is 4.40. The first kappa shape index (κ1) is 21.6. The molecule has 2 aromatic rings. The van der Waals surface area contributed by atoms with Crippen LogP contribution in [0.2, 0.25) is 0 Å². The second kappa shape index (κ2) is 8.12. The van der Waals surface area contributed by atoms with Gasteiger partial charge in [0.25, 0.3) is 0 Å². The molecule has 2 unspecified atom stereocenters. The Labute approximate surface area is 156 Å². The number of ether oxygens (including phenoxy) is 2. The van der Waals surface area contributed by atoms with Crippen molar-refractivity contribution in [2.24, 2.45) is 0 Å². The highest BCUT2D eigenvalue weighted by Gasteiger charge is 2.56. The third-order valence-electron chi connectivity index (χ3n) is 4.12. The maximum atomic E-state index is 13.7. The summed E-state index contributed by atoms with van der Waals surface area (Å²) in [5.41, 5.74) is -1.38. The third-order valence-corrected chi connectivity index (χ3v) is 4.12. The van der Waals surface area contributed by atoms with Gasteiger partial charge in [0.1, 0.15) is 23.3 Å². The van der Waals surface area contributed by atoms with E-state index in [-0.39, 0.29) is 11.5 Å². The molecule has 0 saturated carbocycles. The van der Waals surface area contributed by atoms with Crippen molar-refractivity contribution in [2.75, 3.05) is 14.2 Å². The van der Waals surface area contributed by atoms with Gasteiger partial charge in [0.05, 0.1) is 14.2 Å². The lowest BCUT2D eigenvalue weighted by atomic mass is 9.82. The standard InChI is InChI=1S/C19H16F6O3/c1-27-13-9-5-3-7-11(13)15(18(20,21)22)17(26)16(19(23,24)25)12-8-4-6-10-14(12)28-2/h3-10,15-16H,1-2H3. The van der Waals surface area contributed by atoms with Crippen molar-refractivity contribution in [2.45, 2.75) is 24.2 Å². The van der Waals surface area contributed by atoms with Crippen LogP contribution in [0.4, 0.5) is 26.3 Å². The largest absolute Gasteiger partial charge is 0.496 e. The summed E-state index contributed by atoms with van der Waals surface area (Å²) in [7, 11) is 2.14. The van der Waals surface area contributed by atoms with Gasteiger partial charge in [0.15, 0.2) is 5.78 Å². The number of Topliss-reactive ketones (excluding diaryl/α,β-unsaturated/α-hetero) is 1. The number of ketones is 1. The Morgan fingerprint density at radius 1 is 0.714 bits per heavy atom. The lowest BCUT2D eigenvalue weighted by molar-refractivity contribution is -0.184. The smallest absolute Gasteiger partial charge is 0.402 e. The zero-order valence-corrected chi connectivity index (χ0v) is 14.8. The fraction of sp³-hybridized carbons (Fsp3) is 0.316. The molecule has 0 heterocycles. The highest BCUT2D eigenvalue weighted by molar-refractivity contribution is 5.94. The number of hydrogen-bond acceptors (Lipinski definition) is 3. The van der Waals surface area contributed by atoms with E-state index in [4.69, 9.17) is 9.47 Å². The molecule has 3 nitrogen and oxygen atoms in total. The van der Waals surface area contributed by atoms with Crippen LogP contribution < -0.4 is 9.47 Å². The van der Waals surface area contributed by atoms with Crippen LogP contribution in [0.3, 0.4) is 0 Å². The molecule has 152 valence electrons. The molecular formula is C19H16F6O3. The van der Waals surface area contributed by atoms with Crippen LogP contribution in [0.1, 0.15) is 23.0 Å². The Balaban J connectivity index is 2.69. The average Bonchev–Trinajstić information content (AvgIpc) is 2.60. The summed E-state index contributed by atoms with van der Waals surface area (Å²) in [4.78, 5) is 12.7. The highest BCUT2D eigenvalue weighted by Crippen LogP contribution is 2.48. The van der Waals surface area contributed by atoms with E-state index in [1.165, 1.54) is 24.3 Å². The van der Waals surface area contributed by atoms with Crippen LogP contribution in [0.5, 0.6) is 11.5 Å². The molecule has 9 heteroatoms. The van der Waals surface area contributed by atoms with Gasteiger partial charge in [-0.1, -0.05) is 36.4 Å². The van der Waals surface area contributed by atoms with Crippen LogP contribution in [0.15, 0.2) is 48.5 Å². The van der Waals surface area contributed by atoms with Gasteiger partial charge >= 0.3 is 12.4 Å². The van der Waals surface area contributed by atoms with Gasteiger partial charge in [0.2, 0.25) is 0 Å². The van der Waals surface area contributed by atoms with Crippen molar-refractivity contribution < 1.29 is 40.6 Å². The van der Waals surface area contributed by atoms with Gasteiger partial charge in [-0.05, 0) is 12.1 Å². The maximum absolute atomic E-state index is 13.7. The normalized spacial score (nSPS) is 14.3. The maximum Gasteiger partial charge on any atom is 0.402 e. The minimum absolute atomic E-state index is 0.334. The van der Waals surface area contributed by atoms with Gasteiger partial charge in [-0.2, -0.15) is 26.3 Å². The lowest BCUT2D eigenvalue weighted by Gasteiger charge is -2.28. The van der Waals surface area contributed by atoms with Crippen molar-refractivity contribution in [3.8, 4) is 11.5 Å². The fourth-order valence-electron chi connectivity index (χ4n) is 2.96. The summed E-state index contributed by atoms with van der Waals surface area (Å²) in [6, 6.07) is 9.21. The second-order valence-corrected chi connectivity index (χ2v) is 5.84. The van der Waals surface area contributed by atoms with E-state index in [2.05, 4.69) is 0 Å². The number of alkyl halides is 6. The fourth-order valence-corrected chi connectivity index (χ4v) is 2.96. The van der Waals surface area contributed by atoms with Crippen molar-refractivity contribution in [1.82, 2.24) is 0 Å². The molecule has 0 N–H and O–H groups in total. The van der Waals surface area contributed by atoms with E-state index in [1.54, 1.807) is 0 Å². The number of halogens is 6. The monoisotopic (exact) mass is 406 g/mol. The van der Waals surface area contributed by atoms with Crippen molar-refractivity contribution in [3.63, 3.8) is 0 Å². The molecule has 0 radical (unpaired) electrons. The van der Waals surface area contributed by atoms with Crippen LogP contribution >= 0.6 is 0 Å². The van der Waals surface area contributed by atoms with Gasteiger partial charge < -0.3 is 9.47 Å². The minimum Gasteiger partial charge on any atom is -0.496 e. The van der Waals surface area contributed by atoms with Gasteiger partial charge in [-0.25, -0.2) is 0 Å². The summed E-state index contributed by atoms with van der Waals surface area (Å²) in [5, 5.41) is 0. The molecule has 0 saturated heterocycles. The molecule has 0 aliphatic heterocycles. The second-order valence-electron chi connectivity index (χ2n) is 5.84. The molecule has 0 spiro atoms. The molecule has 0 bridgehead atoms. The number of hydrogen-bond donors (Lipinski definition) is 0. The van der Waals surface area contributed by atoms with Crippen LogP contribution in [0, 0.1) is 0 Å². The molecule has 2 aromatic carbocycles. The van der Waals surface area contributed by atoms with E-state index in [9.17, 15) is 31.1 Å². The first-order valence-electron chi connectivity index (χ1n) is 7.95. The summed E-state index contributed by atoms with van der Waals surface area (Å²) < 4.78 is 92.1. The van der Waals surface area contributed by atoms with Gasteiger partial charge in [0, 0.05) is 11.1 Å². The molecule has 0 aliphatic rings. The van der Waals surface area contributed by atoms with Crippen LogP contribution in [0.25, 0.3) is 0 Å². The molecule has 28 heavy (non-hydrogen) atoms. The molecule has 2 atom stereocenters. The first-order chi connectivity index (χ1) is 13.0. The predicted molar refractivity (Wildman–Crippen MR) is 88.6 cm³/mol. The van der Waals surface area contributed by atoms with E-state index in [0.29, 0.717) is 0 Å². The Kier molecular flexibility index (Phi) is 6.26. The number of carbonyl (C=O) groups is 1. The molecule has 0 fully saturated rings.